The fourth-order valence-electron chi connectivity index (χ4n) is 2.87. The second-order valence-corrected chi connectivity index (χ2v) is 6.29. The normalized spacial score (nSPS) is 16.7. The number of hydrogen-bond donors (Lipinski definition) is 2. The van der Waals surface area contributed by atoms with Crippen molar-refractivity contribution >= 4 is 29.1 Å². The third-order valence-corrected chi connectivity index (χ3v) is 4.71. The number of para-hydroxylation sites is 1. The van der Waals surface area contributed by atoms with Gasteiger partial charge in [0.05, 0.1) is 36.9 Å². The van der Waals surface area contributed by atoms with Crippen LogP contribution in [0.4, 0.5) is 11.6 Å². The predicted molar refractivity (Wildman–Crippen MR) is 94.5 cm³/mol. The molecule has 3 rings (SSSR count). The van der Waals surface area contributed by atoms with Crippen LogP contribution in [0.5, 0.6) is 0 Å². The maximum absolute atomic E-state index is 12.5. The number of quaternary nitrogens is 1. The first-order valence-electron chi connectivity index (χ1n) is 8.07. The summed E-state index contributed by atoms with van der Waals surface area (Å²) in [6.45, 7) is 5.37. The number of carbonyl (C=O) groups excluding carboxylic acids is 1. The minimum atomic E-state index is -0.139. The van der Waals surface area contributed by atoms with E-state index in [1.54, 1.807) is 18.5 Å². The van der Waals surface area contributed by atoms with E-state index in [1.165, 1.54) is 4.90 Å². The summed E-state index contributed by atoms with van der Waals surface area (Å²) in [6.07, 6.45) is 3.50. The van der Waals surface area contributed by atoms with Crippen molar-refractivity contribution in [2.75, 3.05) is 36.4 Å². The van der Waals surface area contributed by atoms with Gasteiger partial charge in [0.2, 0.25) is 5.95 Å². The number of hydrogen-bond acceptors (Lipinski definition) is 4. The molecule has 7 heteroatoms. The van der Waals surface area contributed by atoms with Crippen molar-refractivity contribution in [2.45, 2.75) is 13.0 Å². The Bertz CT molecular complexity index is 688. The van der Waals surface area contributed by atoms with Crippen LogP contribution in [0, 0.1) is 0 Å². The first-order valence-corrected chi connectivity index (χ1v) is 8.45. The molecule has 0 aliphatic carbocycles. The van der Waals surface area contributed by atoms with Crippen LogP contribution in [0.2, 0.25) is 5.02 Å². The van der Waals surface area contributed by atoms with E-state index >= 15 is 0 Å². The lowest BCUT2D eigenvalue weighted by molar-refractivity contribution is -0.914. The zero-order valence-electron chi connectivity index (χ0n) is 13.6. The molecule has 1 aliphatic heterocycles. The van der Waals surface area contributed by atoms with Gasteiger partial charge >= 0.3 is 0 Å². The molecule has 1 aromatic carbocycles. The Morgan fingerprint density at radius 3 is 2.54 bits per heavy atom. The van der Waals surface area contributed by atoms with Crippen LogP contribution in [-0.2, 0) is 4.79 Å². The Labute approximate surface area is 146 Å². The molecule has 0 bridgehead atoms. The number of halogens is 1. The molecule has 1 amide bonds. The Morgan fingerprint density at radius 2 is 1.88 bits per heavy atom. The highest BCUT2D eigenvalue weighted by atomic mass is 35.5. The minimum absolute atomic E-state index is 0.0116. The van der Waals surface area contributed by atoms with Crippen molar-refractivity contribution in [1.82, 2.24) is 9.97 Å². The molecule has 2 N–H and O–H groups in total. The van der Waals surface area contributed by atoms with Gasteiger partial charge < -0.3 is 15.1 Å². The molecular formula is C17H21ClN5O+. The number of amides is 1. The third-order valence-electron chi connectivity index (χ3n) is 4.38. The number of carbonyl (C=O) groups is 1. The summed E-state index contributed by atoms with van der Waals surface area (Å²) in [4.78, 5) is 24.5. The Morgan fingerprint density at radius 1 is 1.21 bits per heavy atom. The summed E-state index contributed by atoms with van der Waals surface area (Å²) in [7, 11) is 0. The second kappa shape index (κ2) is 7.59. The third kappa shape index (κ3) is 3.83. The highest BCUT2D eigenvalue weighted by Gasteiger charge is 2.30. The standard InChI is InChI=1S/C17H20ClN5O/c1-13(16(24)21-15-6-3-2-5-14(15)18)22-9-11-23(12-10-22)17-19-7-4-8-20-17/h2-8,13H,9-12H2,1H3,(H,21,24)/p+1/t13-/m0/s1. The summed E-state index contributed by atoms with van der Waals surface area (Å²) in [6, 6.07) is 8.96. The van der Waals surface area contributed by atoms with Crippen LogP contribution >= 0.6 is 11.6 Å². The summed E-state index contributed by atoms with van der Waals surface area (Å²) < 4.78 is 0. The quantitative estimate of drug-likeness (QED) is 0.862. The number of nitrogens with one attached hydrogen (secondary N) is 2. The molecule has 1 atom stereocenters. The lowest BCUT2D eigenvalue weighted by Gasteiger charge is -2.34. The van der Waals surface area contributed by atoms with E-state index < -0.39 is 0 Å². The Balaban J connectivity index is 1.56. The van der Waals surface area contributed by atoms with Crippen LogP contribution in [0.25, 0.3) is 0 Å². The van der Waals surface area contributed by atoms with Crippen molar-refractivity contribution in [1.29, 1.82) is 0 Å². The summed E-state index contributed by atoms with van der Waals surface area (Å²) >= 11 is 6.10. The Kier molecular flexibility index (Phi) is 5.27. The zero-order chi connectivity index (χ0) is 16.9. The van der Waals surface area contributed by atoms with E-state index in [-0.39, 0.29) is 11.9 Å². The van der Waals surface area contributed by atoms with Crippen LogP contribution in [-0.4, -0.2) is 48.1 Å². The van der Waals surface area contributed by atoms with Crippen LogP contribution in [0.15, 0.2) is 42.7 Å². The molecule has 0 saturated carbocycles. The van der Waals surface area contributed by atoms with Gasteiger partial charge in [0.25, 0.3) is 5.91 Å². The number of benzene rings is 1. The van der Waals surface area contributed by atoms with Crippen LogP contribution < -0.4 is 15.1 Å². The van der Waals surface area contributed by atoms with Gasteiger partial charge in [-0.25, -0.2) is 9.97 Å². The number of aromatic nitrogens is 2. The molecule has 1 fully saturated rings. The predicted octanol–water partition coefficient (Wildman–Crippen LogP) is 0.862. The van der Waals surface area contributed by atoms with Gasteiger partial charge in [0.1, 0.15) is 0 Å². The highest BCUT2D eigenvalue weighted by Crippen LogP contribution is 2.20. The summed E-state index contributed by atoms with van der Waals surface area (Å²) in [5.41, 5.74) is 0.659. The lowest BCUT2D eigenvalue weighted by atomic mass is 10.2. The molecule has 0 spiro atoms. The fourth-order valence-corrected chi connectivity index (χ4v) is 3.05. The Hall–Kier alpha value is -2.18. The summed E-state index contributed by atoms with van der Waals surface area (Å²) in [5.74, 6) is 0.743. The minimum Gasteiger partial charge on any atom is -0.330 e. The smallest absolute Gasteiger partial charge is 0.282 e. The monoisotopic (exact) mass is 346 g/mol. The average molecular weight is 347 g/mol. The molecule has 126 valence electrons. The largest absolute Gasteiger partial charge is 0.330 e. The van der Waals surface area contributed by atoms with Gasteiger partial charge in [-0.1, -0.05) is 23.7 Å². The maximum atomic E-state index is 12.5. The molecule has 0 unspecified atom stereocenters. The van der Waals surface area contributed by atoms with Gasteiger partial charge in [0.15, 0.2) is 6.04 Å². The van der Waals surface area contributed by atoms with Gasteiger partial charge in [-0.3, -0.25) is 4.79 Å². The van der Waals surface area contributed by atoms with Crippen molar-refractivity contribution in [3.63, 3.8) is 0 Å². The number of nitrogens with zero attached hydrogens (tertiary/aromatic N) is 3. The lowest BCUT2D eigenvalue weighted by Crippen LogP contribution is -3.19. The first-order chi connectivity index (χ1) is 11.6. The van der Waals surface area contributed by atoms with E-state index in [0.717, 1.165) is 32.1 Å². The van der Waals surface area contributed by atoms with E-state index in [2.05, 4.69) is 20.2 Å². The SMILES string of the molecule is C[C@@H](C(=O)Nc1ccccc1Cl)[NH+]1CCN(c2ncccn2)CC1. The van der Waals surface area contributed by atoms with Crippen molar-refractivity contribution in [3.8, 4) is 0 Å². The topological polar surface area (TPSA) is 62.6 Å². The fraction of sp³-hybridized carbons (Fsp3) is 0.353. The van der Waals surface area contributed by atoms with E-state index in [9.17, 15) is 4.79 Å². The molecule has 2 heterocycles. The zero-order valence-corrected chi connectivity index (χ0v) is 14.3. The number of rotatable bonds is 4. The second-order valence-electron chi connectivity index (χ2n) is 5.88. The van der Waals surface area contributed by atoms with Crippen molar-refractivity contribution in [2.24, 2.45) is 0 Å². The van der Waals surface area contributed by atoms with Gasteiger partial charge in [-0.05, 0) is 25.1 Å². The van der Waals surface area contributed by atoms with E-state index in [1.807, 2.05) is 31.2 Å². The van der Waals surface area contributed by atoms with E-state index in [0.29, 0.717) is 10.7 Å². The van der Waals surface area contributed by atoms with Crippen molar-refractivity contribution in [3.05, 3.63) is 47.7 Å². The molecule has 24 heavy (non-hydrogen) atoms. The van der Waals surface area contributed by atoms with Crippen molar-refractivity contribution < 1.29 is 9.69 Å². The van der Waals surface area contributed by atoms with E-state index in [4.69, 9.17) is 11.6 Å². The number of anilines is 2. The summed E-state index contributed by atoms with van der Waals surface area (Å²) in [5, 5.41) is 3.47. The number of piperazine rings is 1. The molecule has 0 radical (unpaired) electrons. The molecule has 1 aliphatic rings. The highest BCUT2D eigenvalue weighted by molar-refractivity contribution is 6.33. The molecular weight excluding hydrogens is 326 g/mol. The van der Waals surface area contributed by atoms with Gasteiger partial charge in [-0.15, -0.1) is 0 Å². The van der Waals surface area contributed by atoms with Crippen LogP contribution in [0.1, 0.15) is 6.92 Å². The molecule has 2 aromatic rings. The first kappa shape index (κ1) is 16.7. The van der Waals surface area contributed by atoms with Gasteiger partial charge in [-0.2, -0.15) is 0 Å². The average Bonchev–Trinajstić information content (AvgIpc) is 2.64. The molecule has 6 nitrogen and oxygen atoms in total. The van der Waals surface area contributed by atoms with Gasteiger partial charge in [0, 0.05) is 12.4 Å². The van der Waals surface area contributed by atoms with Crippen LogP contribution in [0.3, 0.4) is 0 Å². The molecule has 1 aromatic heterocycles. The molecule has 1 saturated heterocycles. The maximum Gasteiger partial charge on any atom is 0.282 e.